The van der Waals surface area contributed by atoms with Crippen LogP contribution in [0.4, 0.5) is 0 Å². The molecular formula is C43H40N2. The highest BCUT2D eigenvalue weighted by atomic mass is 15.1. The van der Waals surface area contributed by atoms with Crippen LogP contribution in [-0.4, -0.2) is 5.71 Å². The Morgan fingerprint density at radius 1 is 0.511 bits per heavy atom. The second kappa shape index (κ2) is 13.7. The third kappa shape index (κ3) is 7.03. The van der Waals surface area contributed by atoms with Gasteiger partial charge in [-0.15, -0.1) is 0 Å². The average Bonchev–Trinajstić information content (AvgIpc) is 3.09. The standard InChI is InChI=1S/C43H40N2/c1-30-27-39(38-22-14-21-37(29-38)36-19-12-7-13-20-36)23-25-41(30)42-26-24-40(28-31(42)2)43(44-32(3)34-15-8-5-9-16-34)45-33(4)35-17-10-6-11-18-35/h5-29,32,43-44H,1-4H3. The van der Waals surface area contributed by atoms with E-state index in [2.05, 4.69) is 179 Å². The van der Waals surface area contributed by atoms with Crippen molar-refractivity contribution < 1.29 is 0 Å². The van der Waals surface area contributed by atoms with E-state index in [9.17, 15) is 0 Å². The molecule has 0 amide bonds. The quantitative estimate of drug-likeness (QED) is 0.168. The van der Waals surface area contributed by atoms with Crippen LogP contribution in [0.1, 0.15) is 53.9 Å². The highest BCUT2D eigenvalue weighted by molar-refractivity contribution is 5.98. The van der Waals surface area contributed by atoms with E-state index >= 15 is 0 Å². The summed E-state index contributed by atoms with van der Waals surface area (Å²) in [6.07, 6.45) is -0.187. The van der Waals surface area contributed by atoms with Crippen molar-refractivity contribution in [2.75, 3.05) is 0 Å². The van der Waals surface area contributed by atoms with Gasteiger partial charge in [-0.1, -0.05) is 146 Å². The molecule has 0 aromatic heterocycles. The number of benzene rings is 6. The van der Waals surface area contributed by atoms with E-state index in [-0.39, 0.29) is 12.2 Å². The average molecular weight is 585 g/mol. The fraction of sp³-hybridized carbons (Fsp3) is 0.140. The van der Waals surface area contributed by atoms with E-state index in [1.807, 2.05) is 6.07 Å². The van der Waals surface area contributed by atoms with Crippen LogP contribution in [0.2, 0.25) is 0 Å². The van der Waals surface area contributed by atoms with E-state index < -0.39 is 0 Å². The maximum atomic E-state index is 5.22. The molecule has 0 fully saturated rings. The van der Waals surface area contributed by atoms with Gasteiger partial charge in [0.15, 0.2) is 0 Å². The largest absolute Gasteiger partial charge is 0.285 e. The minimum Gasteiger partial charge on any atom is -0.285 e. The molecule has 2 unspecified atom stereocenters. The molecular weight excluding hydrogens is 544 g/mol. The Labute approximate surface area is 268 Å². The molecule has 0 aliphatic carbocycles. The summed E-state index contributed by atoms with van der Waals surface area (Å²) in [5.41, 5.74) is 14.5. The summed E-state index contributed by atoms with van der Waals surface area (Å²) in [6.45, 7) is 8.73. The molecule has 0 saturated carbocycles. The van der Waals surface area contributed by atoms with Gasteiger partial charge in [-0.3, -0.25) is 10.3 Å². The summed E-state index contributed by atoms with van der Waals surface area (Å²) in [4.78, 5) is 5.22. The first kappa shape index (κ1) is 30.0. The fourth-order valence-corrected chi connectivity index (χ4v) is 6.04. The van der Waals surface area contributed by atoms with Crippen molar-refractivity contribution in [2.45, 2.75) is 39.9 Å². The Morgan fingerprint density at radius 2 is 1.04 bits per heavy atom. The molecule has 2 nitrogen and oxygen atoms in total. The van der Waals surface area contributed by atoms with Crippen molar-refractivity contribution in [1.29, 1.82) is 0 Å². The van der Waals surface area contributed by atoms with Crippen LogP contribution in [0.15, 0.2) is 157 Å². The minimum atomic E-state index is -0.187. The van der Waals surface area contributed by atoms with Crippen LogP contribution in [0.3, 0.4) is 0 Å². The van der Waals surface area contributed by atoms with Crippen molar-refractivity contribution in [3.63, 3.8) is 0 Å². The highest BCUT2D eigenvalue weighted by Crippen LogP contribution is 2.34. The second-order valence-corrected chi connectivity index (χ2v) is 11.8. The number of aryl methyl sites for hydroxylation is 2. The van der Waals surface area contributed by atoms with Crippen LogP contribution in [0, 0.1) is 13.8 Å². The third-order valence-electron chi connectivity index (χ3n) is 8.61. The molecule has 6 aromatic carbocycles. The predicted octanol–water partition coefficient (Wildman–Crippen LogP) is 11.2. The van der Waals surface area contributed by atoms with E-state index in [1.165, 1.54) is 50.1 Å². The Morgan fingerprint density at radius 3 is 1.69 bits per heavy atom. The van der Waals surface area contributed by atoms with Gasteiger partial charge in [0.2, 0.25) is 0 Å². The summed E-state index contributed by atoms with van der Waals surface area (Å²) in [5.74, 6) is 0. The molecule has 0 bridgehead atoms. The topological polar surface area (TPSA) is 24.4 Å². The maximum absolute atomic E-state index is 5.22. The molecule has 6 aromatic rings. The van der Waals surface area contributed by atoms with E-state index in [1.54, 1.807) is 0 Å². The van der Waals surface area contributed by atoms with Crippen molar-refractivity contribution in [1.82, 2.24) is 5.32 Å². The van der Waals surface area contributed by atoms with Crippen LogP contribution in [0.25, 0.3) is 33.4 Å². The summed E-state index contributed by atoms with van der Waals surface area (Å²) >= 11 is 0. The van der Waals surface area contributed by atoms with Gasteiger partial charge in [-0.25, -0.2) is 0 Å². The van der Waals surface area contributed by atoms with Crippen LogP contribution >= 0.6 is 0 Å². The first-order chi connectivity index (χ1) is 22.0. The molecule has 0 spiro atoms. The van der Waals surface area contributed by atoms with Crippen molar-refractivity contribution in [2.24, 2.45) is 4.99 Å². The first-order valence-corrected chi connectivity index (χ1v) is 15.7. The summed E-state index contributed by atoms with van der Waals surface area (Å²) in [7, 11) is 0. The van der Waals surface area contributed by atoms with Crippen molar-refractivity contribution in [3.8, 4) is 33.4 Å². The number of rotatable bonds is 9. The van der Waals surface area contributed by atoms with Gasteiger partial charge in [-0.05, 0) is 95.0 Å². The lowest BCUT2D eigenvalue weighted by Gasteiger charge is -2.23. The normalized spacial score (nSPS) is 12.9. The SMILES string of the molecule is CC(=NC(NC(C)c1ccccc1)c1ccc(-c2ccc(-c3cccc(-c4ccccc4)c3)cc2C)c(C)c1)c1ccccc1. The Hall–Kier alpha value is -5.05. The van der Waals surface area contributed by atoms with Crippen molar-refractivity contribution >= 4 is 5.71 Å². The predicted molar refractivity (Wildman–Crippen MR) is 192 cm³/mol. The lowest BCUT2D eigenvalue weighted by molar-refractivity contribution is 0.481. The molecule has 2 atom stereocenters. The monoisotopic (exact) mass is 584 g/mol. The summed E-state index contributed by atoms with van der Waals surface area (Å²) < 4.78 is 0. The first-order valence-electron chi connectivity index (χ1n) is 15.7. The molecule has 222 valence electrons. The van der Waals surface area contributed by atoms with Gasteiger partial charge < -0.3 is 0 Å². The van der Waals surface area contributed by atoms with Crippen LogP contribution < -0.4 is 5.32 Å². The zero-order chi connectivity index (χ0) is 31.2. The smallest absolute Gasteiger partial charge is 0.126 e. The molecule has 0 heterocycles. The van der Waals surface area contributed by atoms with E-state index in [0.717, 1.165) is 16.8 Å². The van der Waals surface area contributed by atoms with Crippen LogP contribution in [-0.2, 0) is 0 Å². The minimum absolute atomic E-state index is 0.138. The van der Waals surface area contributed by atoms with Gasteiger partial charge in [0.25, 0.3) is 0 Å². The number of hydrogen-bond acceptors (Lipinski definition) is 2. The Kier molecular flexibility index (Phi) is 9.14. The number of aliphatic imine (C=N–C) groups is 1. The van der Waals surface area contributed by atoms with Crippen molar-refractivity contribution in [3.05, 3.63) is 179 Å². The van der Waals surface area contributed by atoms with E-state index in [0.29, 0.717) is 0 Å². The number of nitrogens with zero attached hydrogens (tertiary/aromatic N) is 1. The Balaban J connectivity index is 1.30. The molecule has 1 N–H and O–H groups in total. The fourth-order valence-electron chi connectivity index (χ4n) is 6.04. The summed E-state index contributed by atoms with van der Waals surface area (Å²) in [5, 5.41) is 3.80. The lowest BCUT2D eigenvalue weighted by Crippen LogP contribution is -2.24. The number of hydrogen-bond donors (Lipinski definition) is 1. The molecule has 0 radical (unpaired) electrons. The van der Waals surface area contributed by atoms with Gasteiger partial charge in [0, 0.05) is 11.8 Å². The summed E-state index contributed by atoms with van der Waals surface area (Å²) in [6, 6.07) is 54.1. The van der Waals surface area contributed by atoms with Crippen LogP contribution in [0.5, 0.6) is 0 Å². The lowest BCUT2D eigenvalue weighted by atomic mass is 9.91. The van der Waals surface area contributed by atoms with Gasteiger partial charge in [-0.2, -0.15) is 0 Å². The van der Waals surface area contributed by atoms with Gasteiger partial charge >= 0.3 is 0 Å². The molecule has 6 rings (SSSR count). The maximum Gasteiger partial charge on any atom is 0.126 e. The zero-order valence-electron chi connectivity index (χ0n) is 26.5. The second-order valence-electron chi connectivity index (χ2n) is 11.8. The molecule has 2 heteroatoms. The highest BCUT2D eigenvalue weighted by Gasteiger charge is 2.17. The molecule has 0 aliphatic heterocycles. The van der Waals surface area contributed by atoms with Gasteiger partial charge in [0.1, 0.15) is 6.17 Å². The zero-order valence-corrected chi connectivity index (χ0v) is 26.5. The Bertz CT molecular complexity index is 1910. The number of nitrogens with one attached hydrogen (secondary N) is 1. The van der Waals surface area contributed by atoms with Gasteiger partial charge in [0.05, 0.1) is 0 Å². The third-order valence-corrected chi connectivity index (χ3v) is 8.61. The molecule has 0 saturated heterocycles. The molecule has 45 heavy (non-hydrogen) atoms. The molecule has 0 aliphatic rings. The van der Waals surface area contributed by atoms with E-state index in [4.69, 9.17) is 4.99 Å².